The number of hydrogen-bond acceptors (Lipinski definition) is 4. The zero-order valence-electron chi connectivity index (χ0n) is 10.7. The molecule has 1 N–H and O–H groups in total. The van der Waals surface area contributed by atoms with E-state index in [2.05, 4.69) is 9.97 Å². The summed E-state index contributed by atoms with van der Waals surface area (Å²) in [6.45, 7) is 3.56. The Balaban J connectivity index is 2.15. The first-order valence-corrected chi connectivity index (χ1v) is 6.78. The van der Waals surface area contributed by atoms with Gasteiger partial charge in [0.1, 0.15) is 0 Å². The maximum Gasteiger partial charge on any atom is 0.251 e. The topological polar surface area (TPSA) is 62.8 Å². The molecule has 4 nitrogen and oxygen atoms in total. The van der Waals surface area contributed by atoms with Gasteiger partial charge in [-0.15, -0.1) is 0 Å². The number of aromatic amines is 1. The lowest BCUT2D eigenvalue weighted by molar-refractivity contribution is 0.0994. The Hall–Kier alpha value is -1.88. The molecule has 0 aliphatic rings. The van der Waals surface area contributed by atoms with Gasteiger partial charge in [0, 0.05) is 17.3 Å². The number of benzene rings is 1. The van der Waals surface area contributed by atoms with Crippen molar-refractivity contribution in [3.8, 4) is 0 Å². The molecule has 0 bridgehead atoms. The SMILES string of the molecule is Cc1cc(=O)[nH]c(SC(C)C(=O)c2ccccc2)n1. The number of carbonyl (C=O) groups excluding carboxylic acids is 1. The van der Waals surface area contributed by atoms with Crippen molar-refractivity contribution in [1.82, 2.24) is 9.97 Å². The van der Waals surface area contributed by atoms with Crippen LogP contribution in [0, 0.1) is 6.92 Å². The van der Waals surface area contributed by atoms with Crippen molar-refractivity contribution in [2.24, 2.45) is 0 Å². The van der Waals surface area contributed by atoms with E-state index in [9.17, 15) is 9.59 Å². The van der Waals surface area contributed by atoms with E-state index in [4.69, 9.17) is 0 Å². The summed E-state index contributed by atoms with van der Waals surface area (Å²) in [5, 5.41) is 0.175. The number of nitrogens with one attached hydrogen (secondary N) is 1. The molecule has 98 valence electrons. The second-order valence-electron chi connectivity index (χ2n) is 4.18. The number of ketones is 1. The number of hydrogen-bond donors (Lipinski definition) is 1. The molecule has 1 unspecified atom stereocenters. The molecule has 1 heterocycles. The Morgan fingerprint density at radius 2 is 2.00 bits per heavy atom. The smallest absolute Gasteiger partial charge is 0.251 e. The van der Waals surface area contributed by atoms with Gasteiger partial charge in [0.15, 0.2) is 10.9 Å². The van der Waals surface area contributed by atoms with Crippen LogP contribution in [0.25, 0.3) is 0 Å². The molecule has 0 aliphatic carbocycles. The van der Waals surface area contributed by atoms with Crippen LogP contribution >= 0.6 is 11.8 Å². The molecule has 2 aromatic rings. The number of thioether (sulfide) groups is 1. The van der Waals surface area contributed by atoms with Crippen molar-refractivity contribution in [1.29, 1.82) is 0 Å². The van der Waals surface area contributed by atoms with Gasteiger partial charge in [-0.1, -0.05) is 42.1 Å². The number of aryl methyl sites for hydroxylation is 1. The van der Waals surface area contributed by atoms with E-state index < -0.39 is 0 Å². The van der Waals surface area contributed by atoms with E-state index in [0.717, 1.165) is 0 Å². The standard InChI is InChI=1S/C14H14N2O2S/c1-9-8-12(17)16-14(15-9)19-10(2)13(18)11-6-4-3-5-7-11/h3-8,10H,1-2H3,(H,15,16,17). The lowest BCUT2D eigenvalue weighted by Gasteiger charge is -2.09. The Morgan fingerprint density at radius 3 is 2.63 bits per heavy atom. The predicted molar refractivity (Wildman–Crippen MR) is 75.7 cm³/mol. The number of Topliss-reactive ketones (excluding diaryl/α,β-unsaturated/α-hetero) is 1. The molecule has 0 saturated carbocycles. The van der Waals surface area contributed by atoms with E-state index >= 15 is 0 Å². The molecular formula is C14H14N2O2S. The number of H-pyrrole nitrogens is 1. The third-order valence-corrected chi connectivity index (χ3v) is 3.55. The average molecular weight is 274 g/mol. The van der Waals surface area contributed by atoms with Crippen LogP contribution < -0.4 is 5.56 Å². The highest BCUT2D eigenvalue weighted by atomic mass is 32.2. The normalized spacial score (nSPS) is 12.1. The molecule has 19 heavy (non-hydrogen) atoms. The van der Waals surface area contributed by atoms with Crippen molar-refractivity contribution >= 4 is 17.5 Å². The van der Waals surface area contributed by atoms with Crippen molar-refractivity contribution in [2.45, 2.75) is 24.3 Å². The van der Waals surface area contributed by atoms with Crippen LogP contribution in [0.3, 0.4) is 0 Å². The van der Waals surface area contributed by atoms with Crippen LogP contribution in [0.15, 0.2) is 46.3 Å². The first-order chi connectivity index (χ1) is 9.06. The van der Waals surface area contributed by atoms with Gasteiger partial charge in [0.05, 0.1) is 5.25 Å². The van der Waals surface area contributed by atoms with E-state index in [1.165, 1.54) is 17.8 Å². The predicted octanol–water partition coefficient (Wildman–Crippen LogP) is 2.44. The fourth-order valence-corrected chi connectivity index (χ4v) is 2.60. The van der Waals surface area contributed by atoms with Crippen molar-refractivity contribution in [3.63, 3.8) is 0 Å². The Labute approximate surface area is 115 Å². The van der Waals surface area contributed by atoms with Crippen molar-refractivity contribution in [2.75, 3.05) is 0 Å². The summed E-state index contributed by atoms with van der Waals surface area (Å²) in [5.41, 5.74) is 1.11. The first kappa shape index (κ1) is 13.5. The zero-order valence-corrected chi connectivity index (χ0v) is 11.5. The first-order valence-electron chi connectivity index (χ1n) is 5.90. The van der Waals surface area contributed by atoms with Gasteiger partial charge in [0.2, 0.25) is 0 Å². The van der Waals surface area contributed by atoms with Gasteiger partial charge >= 0.3 is 0 Å². The molecular weight excluding hydrogens is 260 g/mol. The second kappa shape index (κ2) is 5.84. The van der Waals surface area contributed by atoms with Crippen molar-refractivity contribution < 1.29 is 4.79 Å². The average Bonchev–Trinajstić information content (AvgIpc) is 2.37. The summed E-state index contributed by atoms with van der Waals surface area (Å²) in [7, 11) is 0. The minimum absolute atomic E-state index is 0.0229. The number of rotatable bonds is 4. The minimum atomic E-state index is -0.299. The molecule has 0 radical (unpaired) electrons. The highest BCUT2D eigenvalue weighted by Gasteiger charge is 2.17. The van der Waals surface area contributed by atoms with Gasteiger partial charge in [-0.05, 0) is 13.8 Å². The summed E-state index contributed by atoms with van der Waals surface area (Å²) in [5.74, 6) is 0.0229. The third-order valence-electron chi connectivity index (χ3n) is 2.56. The fourth-order valence-electron chi connectivity index (χ4n) is 1.67. The Bertz CT molecular complexity index is 637. The monoisotopic (exact) mass is 274 g/mol. The summed E-state index contributed by atoms with van der Waals surface area (Å²) in [6.07, 6.45) is 0. The summed E-state index contributed by atoms with van der Waals surface area (Å²) in [6, 6.07) is 10.5. The molecule has 2 rings (SSSR count). The van der Waals surface area contributed by atoms with Crippen LogP contribution in [0.1, 0.15) is 23.0 Å². The molecule has 5 heteroatoms. The summed E-state index contributed by atoms with van der Waals surface area (Å²) < 4.78 is 0. The molecule has 0 fully saturated rings. The lowest BCUT2D eigenvalue weighted by atomic mass is 10.1. The molecule has 1 atom stereocenters. The molecule has 0 saturated heterocycles. The molecule has 0 aliphatic heterocycles. The summed E-state index contributed by atoms with van der Waals surface area (Å²) in [4.78, 5) is 30.4. The van der Waals surface area contributed by atoms with Crippen LogP contribution in [-0.2, 0) is 0 Å². The number of aromatic nitrogens is 2. The van der Waals surface area contributed by atoms with Crippen molar-refractivity contribution in [3.05, 3.63) is 58.0 Å². The van der Waals surface area contributed by atoms with E-state index in [1.807, 2.05) is 25.1 Å². The van der Waals surface area contributed by atoms with Gasteiger partial charge in [0.25, 0.3) is 5.56 Å². The second-order valence-corrected chi connectivity index (χ2v) is 5.51. The van der Waals surface area contributed by atoms with Gasteiger partial charge in [-0.3, -0.25) is 9.59 Å². The van der Waals surface area contributed by atoms with Crippen LogP contribution in [0.4, 0.5) is 0 Å². The minimum Gasteiger partial charge on any atom is -0.301 e. The highest BCUT2D eigenvalue weighted by molar-refractivity contribution is 8.00. The summed E-state index contributed by atoms with van der Waals surface area (Å²) >= 11 is 1.26. The maximum absolute atomic E-state index is 12.2. The molecule has 0 spiro atoms. The molecule has 0 amide bonds. The molecule has 1 aromatic carbocycles. The van der Waals surface area contributed by atoms with Crippen LogP contribution in [0.5, 0.6) is 0 Å². The third kappa shape index (κ3) is 3.54. The highest BCUT2D eigenvalue weighted by Crippen LogP contribution is 2.21. The van der Waals surface area contributed by atoms with E-state index in [1.54, 1.807) is 19.1 Å². The molecule has 1 aromatic heterocycles. The lowest BCUT2D eigenvalue weighted by Crippen LogP contribution is -2.16. The Morgan fingerprint density at radius 1 is 1.32 bits per heavy atom. The van der Waals surface area contributed by atoms with Gasteiger partial charge in [-0.2, -0.15) is 0 Å². The van der Waals surface area contributed by atoms with Crippen LogP contribution in [-0.4, -0.2) is 21.0 Å². The van der Waals surface area contributed by atoms with E-state index in [-0.39, 0.29) is 16.6 Å². The number of carbonyl (C=O) groups is 1. The van der Waals surface area contributed by atoms with E-state index in [0.29, 0.717) is 16.4 Å². The zero-order chi connectivity index (χ0) is 13.8. The van der Waals surface area contributed by atoms with Gasteiger partial charge in [-0.25, -0.2) is 4.98 Å². The largest absolute Gasteiger partial charge is 0.301 e. The number of nitrogens with zero attached hydrogens (tertiary/aromatic N) is 1. The van der Waals surface area contributed by atoms with Crippen LogP contribution in [0.2, 0.25) is 0 Å². The quantitative estimate of drug-likeness (QED) is 0.528. The maximum atomic E-state index is 12.2. The Kier molecular flexibility index (Phi) is 4.16. The van der Waals surface area contributed by atoms with Gasteiger partial charge < -0.3 is 4.98 Å². The fraction of sp³-hybridized carbons (Fsp3) is 0.214.